The molecule has 122 valence electrons. The van der Waals surface area contributed by atoms with Crippen LogP contribution in [0.2, 0.25) is 0 Å². The number of piperidine rings is 1. The van der Waals surface area contributed by atoms with Gasteiger partial charge in [0, 0.05) is 24.7 Å². The van der Waals surface area contributed by atoms with Gasteiger partial charge in [-0.25, -0.2) is 0 Å². The van der Waals surface area contributed by atoms with E-state index in [2.05, 4.69) is 5.32 Å². The molecule has 1 fully saturated rings. The molecule has 0 saturated carbocycles. The zero-order valence-electron chi connectivity index (χ0n) is 13.0. The first-order valence-corrected chi connectivity index (χ1v) is 7.32. The largest absolute Gasteiger partial charge is 0.339 e. The molecular formula is C16H24ClN3O2. The average molecular weight is 326 g/mol. The van der Waals surface area contributed by atoms with Gasteiger partial charge in [-0.15, -0.1) is 12.4 Å². The first-order chi connectivity index (χ1) is 9.90. The molecule has 22 heavy (non-hydrogen) atoms. The van der Waals surface area contributed by atoms with Crippen LogP contribution >= 0.6 is 12.4 Å². The highest BCUT2D eigenvalue weighted by Crippen LogP contribution is 2.15. The number of nitrogens with two attached hydrogens (primary N) is 1. The lowest BCUT2D eigenvalue weighted by Crippen LogP contribution is -2.58. The van der Waals surface area contributed by atoms with E-state index in [-0.39, 0.29) is 30.3 Å². The van der Waals surface area contributed by atoms with E-state index in [9.17, 15) is 9.59 Å². The second-order valence-electron chi connectivity index (χ2n) is 6.10. The maximum atomic E-state index is 12.6. The predicted octanol–water partition coefficient (Wildman–Crippen LogP) is 1.57. The molecule has 1 heterocycles. The van der Waals surface area contributed by atoms with Crippen LogP contribution in [-0.4, -0.2) is 41.4 Å². The number of likely N-dealkylation sites (tertiary alicyclic amines) is 1. The highest BCUT2D eigenvalue weighted by Gasteiger charge is 2.35. The lowest BCUT2D eigenvalue weighted by molar-refractivity contribution is -0.138. The smallest absolute Gasteiger partial charge is 0.252 e. The fourth-order valence-corrected chi connectivity index (χ4v) is 2.59. The number of hydrogen-bond acceptors (Lipinski definition) is 3. The van der Waals surface area contributed by atoms with E-state index in [1.807, 2.05) is 6.07 Å². The predicted molar refractivity (Wildman–Crippen MR) is 89.0 cm³/mol. The van der Waals surface area contributed by atoms with E-state index < -0.39 is 5.54 Å². The molecule has 2 rings (SSSR count). The number of nitrogens with one attached hydrogen (secondary N) is 1. The molecule has 0 aliphatic carbocycles. The van der Waals surface area contributed by atoms with Crippen molar-refractivity contribution in [2.24, 2.45) is 5.73 Å². The van der Waals surface area contributed by atoms with E-state index >= 15 is 0 Å². The van der Waals surface area contributed by atoms with E-state index in [4.69, 9.17) is 5.73 Å². The molecule has 3 N–H and O–H groups in total. The van der Waals surface area contributed by atoms with Crippen LogP contribution in [0.15, 0.2) is 30.3 Å². The normalized spacial score (nSPS) is 18.3. The van der Waals surface area contributed by atoms with Crippen LogP contribution in [0.5, 0.6) is 0 Å². The van der Waals surface area contributed by atoms with Gasteiger partial charge in [0.2, 0.25) is 5.91 Å². The van der Waals surface area contributed by atoms with Crippen LogP contribution in [0.4, 0.5) is 0 Å². The quantitative estimate of drug-likeness (QED) is 0.885. The zero-order chi connectivity index (χ0) is 15.5. The van der Waals surface area contributed by atoms with Gasteiger partial charge < -0.3 is 16.0 Å². The minimum atomic E-state index is -0.940. The monoisotopic (exact) mass is 325 g/mol. The van der Waals surface area contributed by atoms with Crippen molar-refractivity contribution in [1.82, 2.24) is 10.2 Å². The van der Waals surface area contributed by atoms with Crippen LogP contribution in [0, 0.1) is 0 Å². The molecule has 5 nitrogen and oxygen atoms in total. The SMILES string of the molecule is CC(C)(NC(=O)c1ccccc1)C(=O)N1CCCC(N)C1.Cl. The lowest BCUT2D eigenvalue weighted by Gasteiger charge is -2.36. The number of benzene rings is 1. The van der Waals surface area contributed by atoms with Gasteiger partial charge in [-0.2, -0.15) is 0 Å². The molecule has 1 saturated heterocycles. The second kappa shape index (κ2) is 7.61. The number of hydrogen-bond donors (Lipinski definition) is 2. The molecule has 0 bridgehead atoms. The molecule has 1 atom stereocenters. The molecular weight excluding hydrogens is 302 g/mol. The third-order valence-corrected chi connectivity index (χ3v) is 3.74. The Kier molecular flexibility index (Phi) is 6.38. The standard InChI is InChI=1S/C16H23N3O2.ClH/c1-16(2,15(21)19-10-6-9-13(17)11-19)18-14(20)12-7-4-3-5-8-12;/h3-5,7-8,13H,6,9-11,17H2,1-2H3,(H,18,20);1H. The summed E-state index contributed by atoms with van der Waals surface area (Å²) in [4.78, 5) is 26.5. The average Bonchev–Trinajstić information content (AvgIpc) is 2.47. The number of nitrogens with zero attached hydrogens (tertiary/aromatic N) is 1. The van der Waals surface area contributed by atoms with Crippen molar-refractivity contribution < 1.29 is 9.59 Å². The van der Waals surface area contributed by atoms with E-state index in [1.54, 1.807) is 43.0 Å². The van der Waals surface area contributed by atoms with Crippen LogP contribution in [0.25, 0.3) is 0 Å². The van der Waals surface area contributed by atoms with Crippen LogP contribution in [-0.2, 0) is 4.79 Å². The van der Waals surface area contributed by atoms with Gasteiger partial charge >= 0.3 is 0 Å². The van der Waals surface area contributed by atoms with Crippen molar-refractivity contribution in [3.63, 3.8) is 0 Å². The summed E-state index contributed by atoms with van der Waals surface area (Å²) in [5.74, 6) is -0.322. The van der Waals surface area contributed by atoms with Gasteiger partial charge in [0.15, 0.2) is 0 Å². The molecule has 1 aromatic rings. The topological polar surface area (TPSA) is 75.4 Å². The Bertz CT molecular complexity index is 519. The number of amides is 2. The molecule has 1 aliphatic rings. The molecule has 0 aromatic heterocycles. The molecule has 0 spiro atoms. The Morgan fingerprint density at radius 1 is 1.27 bits per heavy atom. The second-order valence-corrected chi connectivity index (χ2v) is 6.10. The van der Waals surface area contributed by atoms with Gasteiger partial charge in [-0.05, 0) is 38.8 Å². The highest BCUT2D eigenvalue weighted by molar-refractivity contribution is 5.98. The Hall–Kier alpha value is -1.59. The molecule has 0 radical (unpaired) electrons. The van der Waals surface area contributed by atoms with Gasteiger partial charge in [-0.3, -0.25) is 9.59 Å². The Morgan fingerprint density at radius 2 is 1.91 bits per heavy atom. The summed E-state index contributed by atoms with van der Waals surface area (Å²) in [6.07, 6.45) is 1.86. The highest BCUT2D eigenvalue weighted by atomic mass is 35.5. The summed E-state index contributed by atoms with van der Waals surface area (Å²) < 4.78 is 0. The molecule has 1 aromatic carbocycles. The van der Waals surface area contributed by atoms with Crippen molar-refractivity contribution >= 4 is 24.2 Å². The molecule has 2 amide bonds. The summed E-state index contributed by atoms with van der Waals surface area (Å²) in [5, 5.41) is 2.81. The summed E-state index contributed by atoms with van der Waals surface area (Å²) in [5.41, 5.74) is 5.53. The minimum absolute atomic E-state index is 0. The Balaban J connectivity index is 0.00000242. The maximum absolute atomic E-state index is 12.6. The van der Waals surface area contributed by atoms with Crippen molar-refractivity contribution in [2.75, 3.05) is 13.1 Å². The van der Waals surface area contributed by atoms with Crippen LogP contribution < -0.4 is 11.1 Å². The molecule has 1 aliphatic heterocycles. The summed E-state index contributed by atoms with van der Waals surface area (Å²) in [6.45, 7) is 4.73. The third-order valence-electron chi connectivity index (χ3n) is 3.74. The first-order valence-electron chi connectivity index (χ1n) is 7.32. The number of rotatable bonds is 3. The van der Waals surface area contributed by atoms with Crippen LogP contribution in [0.1, 0.15) is 37.0 Å². The van der Waals surface area contributed by atoms with E-state index in [0.29, 0.717) is 18.7 Å². The van der Waals surface area contributed by atoms with Gasteiger partial charge in [0.25, 0.3) is 5.91 Å². The van der Waals surface area contributed by atoms with Gasteiger partial charge in [-0.1, -0.05) is 18.2 Å². The summed E-state index contributed by atoms with van der Waals surface area (Å²) >= 11 is 0. The van der Waals surface area contributed by atoms with E-state index in [1.165, 1.54) is 0 Å². The third kappa shape index (κ3) is 4.45. The van der Waals surface area contributed by atoms with Crippen molar-refractivity contribution in [2.45, 2.75) is 38.3 Å². The molecule has 1 unspecified atom stereocenters. The maximum Gasteiger partial charge on any atom is 0.252 e. The van der Waals surface area contributed by atoms with E-state index in [0.717, 1.165) is 12.8 Å². The molecule has 6 heteroatoms. The number of carbonyl (C=O) groups excluding carboxylic acids is 2. The van der Waals surface area contributed by atoms with Crippen molar-refractivity contribution in [1.29, 1.82) is 0 Å². The minimum Gasteiger partial charge on any atom is -0.339 e. The van der Waals surface area contributed by atoms with Crippen LogP contribution in [0.3, 0.4) is 0 Å². The Morgan fingerprint density at radius 3 is 2.50 bits per heavy atom. The fraction of sp³-hybridized carbons (Fsp3) is 0.500. The summed E-state index contributed by atoms with van der Waals surface area (Å²) in [7, 11) is 0. The fourth-order valence-electron chi connectivity index (χ4n) is 2.59. The first kappa shape index (κ1) is 18.5. The van der Waals surface area contributed by atoms with Crippen molar-refractivity contribution in [3.8, 4) is 0 Å². The zero-order valence-corrected chi connectivity index (χ0v) is 13.9. The number of halogens is 1. The Labute approximate surface area is 137 Å². The van der Waals surface area contributed by atoms with Gasteiger partial charge in [0.1, 0.15) is 5.54 Å². The lowest BCUT2D eigenvalue weighted by atomic mass is 9.99. The summed E-state index contributed by atoms with van der Waals surface area (Å²) in [6, 6.07) is 8.94. The van der Waals surface area contributed by atoms with Crippen molar-refractivity contribution in [3.05, 3.63) is 35.9 Å². The number of carbonyl (C=O) groups is 2. The van der Waals surface area contributed by atoms with Gasteiger partial charge in [0.05, 0.1) is 0 Å².